The summed E-state index contributed by atoms with van der Waals surface area (Å²) in [5.41, 5.74) is 2.25. The minimum absolute atomic E-state index is 0.292. The van der Waals surface area contributed by atoms with Gasteiger partial charge in [0.15, 0.2) is 12.2 Å². The topological polar surface area (TPSA) is 152 Å². The highest BCUT2D eigenvalue weighted by atomic mass is 16.7. The van der Waals surface area contributed by atoms with Crippen LogP contribution in [0.2, 0.25) is 0 Å². The highest BCUT2D eigenvalue weighted by molar-refractivity contribution is 5.68. The van der Waals surface area contributed by atoms with E-state index in [0.717, 1.165) is 26.5 Å². The van der Waals surface area contributed by atoms with E-state index in [-0.39, 0.29) is 6.61 Å². The van der Waals surface area contributed by atoms with Crippen LogP contribution >= 0.6 is 0 Å². The predicted octanol–water partition coefficient (Wildman–Crippen LogP) is 3.63. The van der Waals surface area contributed by atoms with Crippen molar-refractivity contribution in [3.8, 4) is 5.75 Å². The Morgan fingerprint density at radius 3 is 1.68 bits per heavy atom. The van der Waals surface area contributed by atoms with E-state index in [9.17, 15) is 19.2 Å². The summed E-state index contributed by atoms with van der Waals surface area (Å²) in [5, 5.41) is 8.46. The standard InChI is InChI=1S/C28H33N3O10/c1-16(32)36-15-24-25(37-17(2)33)26(38-18(3)34)27(39-19(4)35)28(41-24)40-23-13-9-21(10-14-23)30-29-20-7-11-22(12-8-20)31(5)6/h7-14,24-28H,15H2,1-6H3/t24-,25-,26+,27-,28-/m1/s1. The van der Waals surface area contributed by atoms with Crippen molar-refractivity contribution >= 4 is 40.9 Å². The molecule has 0 saturated carbocycles. The van der Waals surface area contributed by atoms with E-state index >= 15 is 0 Å². The number of rotatable bonds is 10. The second-order valence-corrected chi connectivity index (χ2v) is 9.29. The Labute approximate surface area is 237 Å². The monoisotopic (exact) mass is 571 g/mol. The average Bonchev–Trinajstić information content (AvgIpc) is 2.90. The summed E-state index contributed by atoms with van der Waals surface area (Å²) in [6.45, 7) is 4.29. The van der Waals surface area contributed by atoms with Gasteiger partial charge in [0.25, 0.3) is 0 Å². The average molecular weight is 572 g/mol. The molecule has 0 amide bonds. The van der Waals surface area contributed by atoms with Crippen LogP contribution in [0.5, 0.6) is 5.75 Å². The van der Waals surface area contributed by atoms with Gasteiger partial charge in [-0.3, -0.25) is 19.2 Å². The van der Waals surface area contributed by atoms with Crippen LogP contribution in [-0.4, -0.2) is 75.3 Å². The van der Waals surface area contributed by atoms with Gasteiger partial charge in [-0.25, -0.2) is 0 Å². The van der Waals surface area contributed by atoms with Gasteiger partial charge >= 0.3 is 23.9 Å². The highest BCUT2D eigenvalue weighted by Crippen LogP contribution is 2.32. The quantitative estimate of drug-likeness (QED) is 0.233. The molecule has 0 aliphatic carbocycles. The van der Waals surface area contributed by atoms with Crippen LogP contribution in [0.25, 0.3) is 0 Å². The van der Waals surface area contributed by atoms with Gasteiger partial charge in [-0.1, -0.05) is 0 Å². The maximum atomic E-state index is 12.0. The predicted molar refractivity (Wildman–Crippen MR) is 144 cm³/mol. The van der Waals surface area contributed by atoms with Gasteiger partial charge in [0.1, 0.15) is 18.5 Å². The van der Waals surface area contributed by atoms with Crippen LogP contribution in [-0.2, 0) is 42.9 Å². The molecule has 1 aliphatic heterocycles. The number of esters is 4. The number of hydrogen-bond donors (Lipinski definition) is 0. The van der Waals surface area contributed by atoms with E-state index in [1.54, 1.807) is 24.3 Å². The third-order valence-corrected chi connectivity index (χ3v) is 5.68. The van der Waals surface area contributed by atoms with Gasteiger partial charge in [0.2, 0.25) is 12.4 Å². The molecule has 13 heteroatoms. The second-order valence-electron chi connectivity index (χ2n) is 9.29. The Hall–Kier alpha value is -4.52. The molecule has 0 radical (unpaired) electrons. The SMILES string of the molecule is CC(=O)OC[C@H]1O[C@@H](Oc2ccc(N=Nc3ccc(N(C)C)cc3)cc2)[C@H](OC(C)=O)[C@@H](OC(C)=O)[C@@H]1OC(C)=O. The molecule has 2 aromatic rings. The van der Waals surface area contributed by atoms with Crippen LogP contribution in [0.15, 0.2) is 58.8 Å². The minimum Gasteiger partial charge on any atom is -0.463 e. The van der Waals surface area contributed by atoms with Crippen molar-refractivity contribution in [2.24, 2.45) is 10.2 Å². The number of anilines is 1. The fraction of sp³-hybridized carbons (Fsp3) is 0.429. The summed E-state index contributed by atoms with van der Waals surface area (Å²) < 4.78 is 33.2. The first kappa shape index (κ1) is 31.0. The Morgan fingerprint density at radius 2 is 1.20 bits per heavy atom. The minimum atomic E-state index is -1.33. The maximum absolute atomic E-state index is 12.0. The van der Waals surface area contributed by atoms with Crippen LogP contribution < -0.4 is 9.64 Å². The molecule has 0 aromatic heterocycles. The van der Waals surface area contributed by atoms with Crippen molar-refractivity contribution in [1.82, 2.24) is 0 Å². The summed E-state index contributed by atoms with van der Waals surface area (Å²) in [7, 11) is 3.89. The van der Waals surface area contributed by atoms with Gasteiger partial charge in [-0.15, -0.1) is 0 Å². The van der Waals surface area contributed by atoms with E-state index in [4.69, 9.17) is 28.4 Å². The molecule has 0 N–H and O–H groups in total. The van der Waals surface area contributed by atoms with Crippen molar-refractivity contribution < 1.29 is 47.6 Å². The highest BCUT2D eigenvalue weighted by Gasteiger charge is 2.53. The molecular formula is C28H33N3O10. The van der Waals surface area contributed by atoms with Gasteiger partial charge in [0, 0.05) is 47.5 Å². The lowest BCUT2D eigenvalue weighted by atomic mass is 9.98. The lowest BCUT2D eigenvalue weighted by Gasteiger charge is -2.43. The first-order valence-electron chi connectivity index (χ1n) is 12.7. The third kappa shape index (κ3) is 9.28. The smallest absolute Gasteiger partial charge is 0.303 e. The normalized spacial score (nSPS) is 22.0. The zero-order valence-corrected chi connectivity index (χ0v) is 23.6. The molecular weight excluding hydrogens is 538 g/mol. The van der Waals surface area contributed by atoms with E-state index in [1.807, 2.05) is 43.3 Å². The number of ether oxygens (including phenoxy) is 6. The molecule has 1 saturated heterocycles. The largest absolute Gasteiger partial charge is 0.463 e. The Kier molecular flexibility index (Phi) is 10.8. The molecule has 3 rings (SSSR count). The van der Waals surface area contributed by atoms with E-state index in [0.29, 0.717) is 17.1 Å². The lowest BCUT2D eigenvalue weighted by molar-refractivity contribution is -0.288. The summed E-state index contributed by atoms with van der Waals surface area (Å²) in [6.07, 6.45) is -6.38. The van der Waals surface area contributed by atoms with Crippen LogP contribution in [0.1, 0.15) is 27.7 Å². The molecule has 1 heterocycles. The van der Waals surface area contributed by atoms with Crippen molar-refractivity contribution in [2.45, 2.75) is 58.4 Å². The third-order valence-electron chi connectivity index (χ3n) is 5.68. The molecule has 1 aliphatic rings. The fourth-order valence-corrected chi connectivity index (χ4v) is 3.94. The molecule has 2 aromatic carbocycles. The van der Waals surface area contributed by atoms with Crippen molar-refractivity contribution in [1.29, 1.82) is 0 Å². The van der Waals surface area contributed by atoms with E-state index < -0.39 is 54.6 Å². The molecule has 220 valence electrons. The van der Waals surface area contributed by atoms with Gasteiger partial charge < -0.3 is 33.3 Å². The first-order valence-corrected chi connectivity index (χ1v) is 12.7. The Bertz CT molecular complexity index is 1250. The summed E-state index contributed by atoms with van der Waals surface area (Å²) >= 11 is 0. The summed E-state index contributed by atoms with van der Waals surface area (Å²) in [6, 6.07) is 14.0. The lowest BCUT2D eigenvalue weighted by Crippen LogP contribution is -2.63. The van der Waals surface area contributed by atoms with Gasteiger partial charge in [-0.2, -0.15) is 10.2 Å². The maximum Gasteiger partial charge on any atom is 0.303 e. The molecule has 0 unspecified atom stereocenters. The van der Waals surface area contributed by atoms with Gasteiger partial charge in [-0.05, 0) is 48.5 Å². The van der Waals surface area contributed by atoms with Crippen LogP contribution in [0, 0.1) is 0 Å². The van der Waals surface area contributed by atoms with Crippen LogP contribution in [0.3, 0.4) is 0 Å². The number of hydrogen-bond acceptors (Lipinski definition) is 13. The van der Waals surface area contributed by atoms with Crippen LogP contribution in [0.4, 0.5) is 17.1 Å². The number of nitrogens with zero attached hydrogens (tertiary/aromatic N) is 3. The number of benzene rings is 2. The van der Waals surface area contributed by atoms with Crippen molar-refractivity contribution in [3.05, 3.63) is 48.5 Å². The molecule has 1 fully saturated rings. The zero-order chi connectivity index (χ0) is 30.1. The van der Waals surface area contributed by atoms with E-state index in [1.165, 1.54) is 6.92 Å². The molecule has 5 atom stereocenters. The molecule has 0 bridgehead atoms. The molecule has 0 spiro atoms. The Balaban J connectivity index is 1.84. The zero-order valence-electron chi connectivity index (χ0n) is 23.6. The number of carbonyl (C=O) groups is 4. The fourth-order valence-electron chi connectivity index (χ4n) is 3.94. The first-order chi connectivity index (χ1) is 19.4. The number of azo groups is 1. The van der Waals surface area contributed by atoms with Crippen molar-refractivity contribution in [2.75, 3.05) is 25.6 Å². The Morgan fingerprint density at radius 1 is 0.707 bits per heavy atom. The molecule has 41 heavy (non-hydrogen) atoms. The summed E-state index contributed by atoms with van der Waals surface area (Å²) in [5.74, 6) is -2.50. The summed E-state index contributed by atoms with van der Waals surface area (Å²) in [4.78, 5) is 49.3. The second kappa shape index (κ2) is 14.2. The van der Waals surface area contributed by atoms with Crippen molar-refractivity contribution in [3.63, 3.8) is 0 Å². The molecule has 13 nitrogen and oxygen atoms in total. The number of carbonyl (C=O) groups excluding carboxylic acids is 4. The van der Waals surface area contributed by atoms with Gasteiger partial charge in [0.05, 0.1) is 11.4 Å². The van der Waals surface area contributed by atoms with E-state index in [2.05, 4.69) is 10.2 Å².